The summed E-state index contributed by atoms with van der Waals surface area (Å²) in [6.07, 6.45) is 0. The molecular formula is C17H18N2O5S. The highest BCUT2D eigenvalue weighted by atomic mass is 32.2. The van der Waals surface area contributed by atoms with Gasteiger partial charge in [0.2, 0.25) is 0 Å². The third-order valence-electron chi connectivity index (χ3n) is 3.42. The minimum Gasteiger partial charge on any atom is -0.465 e. The molecule has 0 radical (unpaired) electrons. The standard InChI is InChI=1S/C17H18N2O5S/c1-12-7-9-14(10-8-12)25(22,23)19-17(21)18-11-13-5-3-4-6-15(13)16(20)24-2/h3-10H,11H2,1-2H3,(H2,18,19,21). The van der Waals surface area contributed by atoms with Gasteiger partial charge >= 0.3 is 12.0 Å². The summed E-state index contributed by atoms with van der Waals surface area (Å²) in [5, 5.41) is 2.42. The fourth-order valence-electron chi connectivity index (χ4n) is 2.09. The van der Waals surface area contributed by atoms with E-state index in [1.807, 2.05) is 11.6 Å². The van der Waals surface area contributed by atoms with Crippen LogP contribution in [-0.4, -0.2) is 27.5 Å². The fourth-order valence-corrected chi connectivity index (χ4v) is 3.02. The van der Waals surface area contributed by atoms with Gasteiger partial charge in [-0.1, -0.05) is 35.9 Å². The van der Waals surface area contributed by atoms with E-state index in [2.05, 4.69) is 10.1 Å². The summed E-state index contributed by atoms with van der Waals surface area (Å²) in [7, 11) is -2.71. The molecule has 25 heavy (non-hydrogen) atoms. The second-order valence-corrected chi connectivity index (χ2v) is 6.93. The maximum absolute atomic E-state index is 12.1. The van der Waals surface area contributed by atoms with Crippen LogP contribution in [-0.2, 0) is 21.3 Å². The lowest BCUT2D eigenvalue weighted by Gasteiger charge is -2.11. The Balaban J connectivity index is 2.04. The lowest BCUT2D eigenvalue weighted by atomic mass is 10.1. The van der Waals surface area contributed by atoms with Crippen LogP contribution in [0.1, 0.15) is 21.5 Å². The summed E-state index contributed by atoms with van der Waals surface area (Å²) in [6.45, 7) is 1.80. The SMILES string of the molecule is COC(=O)c1ccccc1CNC(=O)NS(=O)(=O)c1ccc(C)cc1. The van der Waals surface area contributed by atoms with Gasteiger partial charge in [0.25, 0.3) is 10.0 Å². The van der Waals surface area contributed by atoms with E-state index in [0.717, 1.165) is 5.56 Å². The number of carbonyl (C=O) groups is 2. The predicted molar refractivity (Wildman–Crippen MR) is 91.5 cm³/mol. The molecule has 0 saturated heterocycles. The number of sulfonamides is 1. The van der Waals surface area contributed by atoms with Crippen molar-refractivity contribution in [3.8, 4) is 0 Å². The number of rotatable bonds is 5. The molecule has 132 valence electrons. The average molecular weight is 362 g/mol. The molecule has 0 unspecified atom stereocenters. The molecule has 0 saturated carbocycles. The zero-order chi connectivity index (χ0) is 18.4. The molecule has 8 heteroatoms. The Morgan fingerprint density at radius 1 is 1.04 bits per heavy atom. The monoisotopic (exact) mass is 362 g/mol. The predicted octanol–water partition coefficient (Wildman–Crippen LogP) is 1.97. The van der Waals surface area contributed by atoms with E-state index < -0.39 is 22.0 Å². The van der Waals surface area contributed by atoms with E-state index in [1.165, 1.54) is 19.2 Å². The number of nitrogens with one attached hydrogen (secondary N) is 2. The van der Waals surface area contributed by atoms with Gasteiger partial charge in [-0.05, 0) is 30.7 Å². The van der Waals surface area contributed by atoms with Gasteiger partial charge in [-0.2, -0.15) is 0 Å². The Morgan fingerprint density at radius 2 is 1.68 bits per heavy atom. The van der Waals surface area contributed by atoms with E-state index >= 15 is 0 Å². The Kier molecular flexibility index (Phi) is 5.76. The van der Waals surface area contributed by atoms with Crippen molar-refractivity contribution >= 4 is 22.0 Å². The van der Waals surface area contributed by atoms with Crippen LogP contribution in [0.4, 0.5) is 4.79 Å². The van der Waals surface area contributed by atoms with Gasteiger partial charge in [0.05, 0.1) is 17.6 Å². The largest absolute Gasteiger partial charge is 0.465 e. The van der Waals surface area contributed by atoms with Crippen molar-refractivity contribution in [1.29, 1.82) is 0 Å². The second kappa shape index (κ2) is 7.80. The second-order valence-electron chi connectivity index (χ2n) is 5.25. The van der Waals surface area contributed by atoms with E-state index in [1.54, 1.807) is 36.4 Å². The average Bonchev–Trinajstić information content (AvgIpc) is 2.59. The maximum atomic E-state index is 12.1. The third kappa shape index (κ3) is 4.80. The van der Waals surface area contributed by atoms with Crippen LogP contribution in [0.3, 0.4) is 0 Å². The van der Waals surface area contributed by atoms with Gasteiger partial charge in [-0.15, -0.1) is 0 Å². The normalized spacial score (nSPS) is 10.8. The highest BCUT2D eigenvalue weighted by Crippen LogP contribution is 2.11. The van der Waals surface area contributed by atoms with Gasteiger partial charge in [0.1, 0.15) is 0 Å². The molecule has 0 aliphatic heterocycles. The molecule has 0 bridgehead atoms. The number of aryl methyl sites for hydroxylation is 1. The van der Waals surface area contributed by atoms with E-state index in [4.69, 9.17) is 0 Å². The summed E-state index contributed by atoms with van der Waals surface area (Å²) in [4.78, 5) is 23.6. The molecule has 0 aliphatic rings. The molecule has 0 aromatic heterocycles. The molecule has 2 rings (SSSR count). The molecule has 0 atom stereocenters. The quantitative estimate of drug-likeness (QED) is 0.792. The minimum absolute atomic E-state index is 0.0109. The number of ether oxygens (including phenoxy) is 1. The molecule has 2 amide bonds. The van der Waals surface area contributed by atoms with Crippen LogP contribution in [0, 0.1) is 6.92 Å². The van der Waals surface area contributed by atoms with Crippen LogP contribution in [0.2, 0.25) is 0 Å². The number of benzene rings is 2. The number of hydrogen-bond donors (Lipinski definition) is 2. The molecular weight excluding hydrogens is 344 g/mol. The zero-order valence-corrected chi connectivity index (χ0v) is 14.6. The van der Waals surface area contributed by atoms with Crippen molar-refractivity contribution in [2.45, 2.75) is 18.4 Å². The fraction of sp³-hybridized carbons (Fsp3) is 0.176. The number of carbonyl (C=O) groups excluding carboxylic acids is 2. The number of amides is 2. The number of hydrogen-bond acceptors (Lipinski definition) is 5. The smallest absolute Gasteiger partial charge is 0.338 e. The van der Waals surface area contributed by atoms with Crippen molar-refractivity contribution in [3.63, 3.8) is 0 Å². The summed E-state index contributed by atoms with van der Waals surface area (Å²) in [5.74, 6) is -0.537. The Bertz CT molecular complexity index is 876. The van der Waals surface area contributed by atoms with Crippen LogP contribution in [0.25, 0.3) is 0 Å². The lowest BCUT2D eigenvalue weighted by molar-refractivity contribution is 0.0599. The Hall–Kier alpha value is -2.87. The highest BCUT2D eigenvalue weighted by Gasteiger charge is 2.18. The van der Waals surface area contributed by atoms with Crippen molar-refractivity contribution < 1.29 is 22.7 Å². The number of urea groups is 1. The topological polar surface area (TPSA) is 102 Å². The first-order chi connectivity index (χ1) is 11.8. The molecule has 2 N–H and O–H groups in total. The molecule has 2 aromatic rings. The number of esters is 1. The van der Waals surface area contributed by atoms with Gasteiger partial charge in [0.15, 0.2) is 0 Å². The lowest BCUT2D eigenvalue weighted by Crippen LogP contribution is -2.39. The van der Waals surface area contributed by atoms with E-state index in [9.17, 15) is 18.0 Å². The first-order valence-corrected chi connectivity index (χ1v) is 8.85. The number of methoxy groups -OCH3 is 1. The van der Waals surface area contributed by atoms with Crippen molar-refractivity contribution in [2.75, 3.05) is 7.11 Å². The van der Waals surface area contributed by atoms with Crippen molar-refractivity contribution in [3.05, 3.63) is 65.2 Å². The molecule has 0 spiro atoms. The van der Waals surface area contributed by atoms with Crippen LogP contribution in [0.15, 0.2) is 53.4 Å². The molecule has 0 aliphatic carbocycles. The van der Waals surface area contributed by atoms with Crippen molar-refractivity contribution in [1.82, 2.24) is 10.0 Å². The third-order valence-corrected chi connectivity index (χ3v) is 4.77. The summed E-state index contributed by atoms with van der Waals surface area (Å²) >= 11 is 0. The van der Waals surface area contributed by atoms with Gasteiger partial charge in [0, 0.05) is 6.54 Å². The summed E-state index contributed by atoms with van der Waals surface area (Å²) < 4.78 is 30.9. The molecule has 7 nitrogen and oxygen atoms in total. The van der Waals surface area contributed by atoms with E-state index in [0.29, 0.717) is 11.1 Å². The summed E-state index contributed by atoms with van der Waals surface area (Å²) in [6, 6.07) is 11.8. The molecule has 0 fully saturated rings. The maximum Gasteiger partial charge on any atom is 0.338 e. The first-order valence-electron chi connectivity index (χ1n) is 7.37. The van der Waals surface area contributed by atoms with Crippen LogP contribution >= 0.6 is 0 Å². The highest BCUT2D eigenvalue weighted by molar-refractivity contribution is 7.90. The van der Waals surface area contributed by atoms with E-state index in [-0.39, 0.29) is 11.4 Å². The Morgan fingerprint density at radius 3 is 2.32 bits per heavy atom. The van der Waals surface area contributed by atoms with Gasteiger partial charge in [-0.25, -0.2) is 22.7 Å². The van der Waals surface area contributed by atoms with Crippen LogP contribution < -0.4 is 10.0 Å². The Labute approximate surface area is 146 Å². The molecule has 0 heterocycles. The zero-order valence-electron chi connectivity index (χ0n) is 13.8. The van der Waals surface area contributed by atoms with Crippen molar-refractivity contribution in [2.24, 2.45) is 0 Å². The molecule has 2 aromatic carbocycles. The first kappa shape index (κ1) is 18.5. The van der Waals surface area contributed by atoms with Crippen LogP contribution in [0.5, 0.6) is 0 Å². The van der Waals surface area contributed by atoms with Gasteiger partial charge in [-0.3, -0.25) is 0 Å². The minimum atomic E-state index is -3.97. The summed E-state index contributed by atoms with van der Waals surface area (Å²) in [5.41, 5.74) is 1.71. The van der Waals surface area contributed by atoms with Gasteiger partial charge < -0.3 is 10.1 Å².